The fourth-order valence-electron chi connectivity index (χ4n) is 8.39. The van der Waals surface area contributed by atoms with E-state index in [1.807, 2.05) is 33.3 Å². The Morgan fingerprint density at radius 2 is 0.800 bits per heavy atom. The molecule has 9 nitrogen and oxygen atoms in total. The van der Waals surface area contributed by atoms with E-state index in [-0.39, 0.29) is 31.3 Å². The van der Waals surface area contributed by atoms with Crippen LogP contribution < -0.4 is 10.2 Å². The molecule has 3 atom stereocenters. The number of carbonyl (C=O) groups excluding carboxylic acids is 2. The molecule has 0 saturated carbocycles. The molecule has 80 heavy (non-hydrogen) atoms. The van der Waals surface area contributed by atoms with Crippen molar-refractivity contribution >= 4 is 19.7 Å². The van der Waals surface area contributed by atoms with E-state index in [2.05, 4.69) is 148 Å². The Kier molecular flexibility index (Phi) is 55.5. The molecule has 0 spiro atoms. The van der Waals surface area contributed by atoms with Gasteiger partial charge >= 0.3 is 5.97 Å². The second-order valence-corrected chi connectivity index (χ2v) is 23.6. The zero-order chi connectivity index (χ0) is 58.6. The van der Waals surface area contributed by atoms with Crippen LogP contribution in [-0.4, -0.2) is 69.4 Å². The number of quaternary nitrogens is 1. The van der Waals surface area contributed by atoms with Gasteiger partial charge in [-0.15, -0.1) is 0 Å². The topological polar surface area (TPSA) is 114 Å². The van der Waals surface area contributed by atoms with E-state index in [1.165, 1.54) is 77.0 Å². The van der Waals surface area contributed by atoms with Gasteiger partial charge in [0.25, 0.3) is 7.82 Å². The fourth-order valence-corrected chi connectivity index (χ4v) is 9.11. The molecule has 3 unspecified atom stereocenters. The zero-order valence-corrected chi connectivity index (χ0v) is 52.9. The molecular weight excluding hydrogens is 1010 g/mol. The Labute approximate surface area is 492 Å². The first kappa shape index (κ1) is 76.1. The molecule has 1 amide bonds. The average Bonchev–Trinajstić information content (AvgIpc) is 3.42. The van der Waals surface area contributed by atoms with Crippen LogP contribution in [-0.2, 0) is 27.9 Å². The van der Waals surface area contributed by atoms with Crippen molar-refractivity contribution in [2.75, 3.05) is 40.9 Å². The Hall–Kier alpha value is -3.85. The van der Waals surface area contributed by atoms with Gasteiger partial charge in [-0.2, -0.15) is 0 Å². The lowest BCUT2D eigenvalue weighted by molar-refractivity contribution is -0.870. The number of likely N-dealkylation sites (N-methyl/N-ethyl adjacent to an activating group) is 1. The smallest absolute Gasteiger partial charge is 0.306 e. The van der Waals surface area contributed by atoms with Crippen LogP contribution in [0.2, 0.25) is 0 Å². The summed E-state index contributed by atoms with van der Waals surface area (Å²) in [7, 11) is 1.13. The molecule has 456 valence electrons. The molecule has 0 bridgehead atoms. The Balaban J connectivity index is 5.35. The minimum Gasteiger partial charge on any atom is -0.756 e. The van der Waals surface area contributed by atoms with E-state index in [4.69, 9.17) is 13.8 Å². The van der Waals surface area contributed by atoms with Crippen molar-refractivity contribution in [3.63, 3.8) is 0 Å². The number of nitrogens with zero attached hydrogens (tertiary/aromatic N) is 1. The van der Waals surface area contributed by atoms with Crippen LogP contribution in [0.1, 0.15) is 245 Å². The first-order chi connectivity index (χ1) is 38.9. The fraction of sp³-hybridized carbons (Fsp3) is 0.657. The summed E-state index contributed by atoms with van der Waals surface area (Å²) in [6.07, 6.45) is 82.7. The van der Waals surface area contributed by atoms with E-state index in [0.29, 0.717) is 23.9 Å². The molecule has 0 aliphatic heterocycles. The van der Waals surface area contributed by atoms with Crippen molar-refractivity contribution < 1.29 is 37.3 Å². The van der Waals surface area contributed by atoms with Crippen LogP contribution in [0.15, 0.2) is 134 Å². The highest BCUT2D eigenvalue weighted by atomic mass is 31.2. The third-order valence-corrected chi connectivity index (χ3v) is 14.3. The van der Waals surface area contributed by atoms with E-state index in [0.717, 1.165) is 122 Å². The molecular formula is C70H119N2O7P. The summed E-state index contributed by atoms with van der Waals surface area (Å²) in [5.41, 5.74) is 0. The zero-order valence-electron chi connectivity index (χ0n) is 52.0. The van der Waals surface area contributed by atoms with Gasteiger partial charge in [-0.05, 0) is 128 Å². The maximum Gasteiger partial charge on any atom is 0.306 e. The highest BCUT2D eigenvalue weighted by molar-refractivity contribution is 7.45. The van der Waals surface area contributed by atoms with Gasteiger partial charge in [0, 0.05) is 12.8 Å². The standard InChI is InChI=1S/C70H119N2O7P/c1-7-10-13-16-19-22-25-28-30-32-34-35-36-37-39-40-42-44-47-50-53-56-59-62-69(73)71-67(66-78-80(75,76)77-65-64-72(4,5)6)68(61-58-55-52-49-46-27-24-21-18-15-12-9-3)79-70(74)63-60-57-54-51-48-45-43-41-38-33-31-29-26-23-20-17-14-11-8-2/h10,13,19-20,22-23,28-31,34-35,37-39,41-42,44-45,48,58,61,67-68H,7-9,11-12,14-18,21,24-27,32-33,36,40,43,46-47,49-57,59-60,62-66H2,1-6H3,(H-,71,73,75,76)/b13-10-,22-19-,23-20-,30-28-,31-29-,35-34-,39-37-,41-38-,44-42-,48-45-,61-58-. The Morgan fingerprint density at radius 3 is 1.24 bits per heavy atom. The van der Waals surface area contributed by atoms with E-state index in [9.17, 15) is 19.0 Å². The molecule has 0 aromatic rings. The van der Waals surface area contributed by atoms with E-state index < -0.39 is 26.6 Å². The van der Waals surface area contributed by atoms with Gasteiger partial charge < -0.3 is 28.5 Å². The number of phosphoric ester groups is 1. The molecule has 0 aliphatic rings. The van der Waals surface area contributed by atoms with Crippen LogP contribution in [0.4, 0.5) is 0 Å². The number of rotatable bonds is 56. The first-order valence-corrected chi connectivity index (χ1v) is 33.5. The lowest BCUT2D eigenvalue weighted by Gasteiger charge is -2.30. The SMILES string of the molecule is CC/C=C\C/C=C\C/C=C\C/C=C\C/C=C\C/C=C\CCCCCCC(=O)NC(COP(=O)([O-])OCC[N+](C)(C)C)C(/C=C\CCCCCCCCCCCC)OC(=O)CCCCC/C=C\C/C=C\C/C=C\C/C=C\CCCCC. The van der Waals surface area contributed by atoms with Gasteiger partial charge in [0.05, 0.1) is 33.8 Å². The predicted octanol–water partition coefficient (Wildman–Crippen LogP) is 19.4. The minimum absolute atomic E-state index is 0.0407. The van der Waals surface area contributed by atoms with Gasteiger partial charge in [0.1, 0.15) is 19.3 Å². The van der Waals surface area contributed by atoms with Gasteiger partial charge in [0.15, 0.2) is 0 Å². The summed E-state index contributed by atoms with van der Waals surface area (Å²) in [6, 6.07) is -0.926. The number of amides is 1. The van der Waals surface area contributed by atoms with E-state index >= 15 is 0 Å². The predicted molar refractivity (Wildman–Crippen MR) is 343 cm³/mol. The molecule has 1 N–H and O–H groups in total. The monoisotopic (exact) mass is 1130 g/mol. The summed E-state index contributed by atoms with van der Waals surface area (Å²) in [6.45, 7) is 6.64. The number of ether oxygens (including phenoxy) is 1. The quantitative estimate of drug-likeness (QED) is 0.0212. The number of unbranched alkanes of at least 4 members (excludes halogenated alkanes) is 20. The van der Waals surface area contributed by atoms with Gasteiger partial charge in [0.2, 0.25) is 5.91 Å². The van der Waals surface area contributed by atoms with Crippen molar-refractivity contribution in [2.24, 2.45) is 0 Å². The van der Waals surface area contributed by atoms with Gasteiger partial charge in [-0.25, -0.2) is 0 Å². The number of phosphoric acid groups is 1. The molecule has 0 aromatic heterocycles. The van der Waals surface area contributed by atoms with Crippen LogP contribution in [0.5, 0.6) is 0 Å². The normalized spacial score (nSPS) is 14.5. The third kappa shape index (κ3) is 58.8. The molecule has 0 heterocycles. The van der Waals surface area contributed by atoms with Gasteiger partial charge in [-0.1, -0.05) is 238 Å². The molecule has 10 heteroatoms. The van der Waals surface area contributed by atoms with Crippen molar-refractivity contribution in [1.29, 1.82) is 0 Å². The number of hydrogen-bond donors (Lipinski definition) is 1. The maximum atomic E-state index is 13.5. The lowest BCUT2D eigenvalue weighted by atomic mass is 10.1. The van der Waals surface area contributed by atoms with Crippen molar-refractivity contribution in [3.8, 4) is 0 Å². The molecule has 0 radical (unpaired) electrons. The summed E-state index contributed by atoms with van der Waals surface area (Å²) in [4.78, 5) is 40.0. The highest BCUT2D eigenvalue weighted by Gasteiger charge is 2.27. The van der Waals surface area contributed by atoms with Crippen molar-refractivity contribution in [1.82, 2.24) is 5.32 Å². The molecule has 0 aromatic carbocycles. The van der Waals surface area contributed by atoms with E-state index in [1.54, 1.807) is 0 Å². The van der Waals surface area contributed by atoms with Gasteiger partial charge in [-0.3, -0.25) is 14.2 Å². The molecule has 0 saturated heterocycles. The van der Waals surface area contributed by atoms with Crippen LogP contribution >= 0.6 is 7.82 Å². The van der Waals surface area contributed by atoms with Crippen molar-refractivity contribution in [2.45, 2.75) is 258 Å². The Bertz CT molecular complexity index is 1830. The van der Waals surface area contributed by atoms with Crippen molar-refractivity contribution in [3.05, 3.63) is 134 Å². The largest absolute Gasteiger partial charge is 0.756 e. The summed E-state index contributed by atoms with van der Waals surface area (Å²) < 4.78 is 30.3. The highest BCUT2D eigenvalue weighted by Crippen LogP contribution is 2.38. The van der Waals surface area contributed by atoms with Crippen LogP contribution in [0, 0.1) is 0 Å². The van der Waals surface area contributed by atoms with Crippen LogP contribution in [0.25, 0.3) is 0 Å². The average molecular weight is 1130 g/mol. The number of hydrogen-bond acceptors (Lipinski definition) is 7. The Morgan fingerprint density at radius 1 is 0.450 bits per heavy atom. The second kappa shape index (κ2) is 58.4. The molecule has 0 aliphatic carbocycles. The summed E-state index contributed by atoms with van der Waals surface area (Å²) in [5.74, 6) is -0.616. The summed E-state index contributed by atoms with van der Waals surface area (Å²) >= 11 is 0. The lowest BCUT2D eigenvalue weighted by Crippen LogP contribution is -2.47. The number of nitrogens with one attached hydrogen (secondary N) is 1. The first-order valence-electron chi connectivity index (χ1n) is 32.0. The second-order valence-electron chi connectivity index (χ2n) is 22.2. The maximum absolute atomic E-state index is 13.5. The van der Waals surface area contributed by atoms with Crippen LogP contribution in [0.3, 0.4) is 0 Å². The number of allylic oxidation sites excluding steroid dienone is 21. The third-order valence-electron chi connectivity index (χ3n) is 13.3. The molecule has 0 rings (SSSR count). The number of carbonyl (C=O) groups is 2. The summed E-state index contributed by atoms with van der Waals surface area (Å²) in [5, 5.41) is 3.01. The molecule has 0 fully saturated rings. The number of esters is 1. The minimum atomic E-state index is -4.73.